The highest BCUT2D eigenvalue weighted by atomic mass is 35.5. The Bertz CT molecular complexity index is 462. The molecule has 0 aromatic heterocycles. The summed E-state index contributed by atoms with van der Waals surface area (Å²) in [4.78, 5) is 0.196. The van der Waals surface area contributed by atoms with E-state index in [1.165, 1.54) is 12.1 Å². The Hall–Kier alpha value is -0.620. The highest BCUT2D eigenvalue weighted by molar-refractivity contribution is 7.89. The molecule has 0 aliphatic rings. The molecule has 1 atom stereocenters. The Morgan fingerprint density at radius 3 is 2.65 bits per heavy atom. The van der Waals surface area contributed by atoms with Crippen molar-refractivity contribution in [1.29, 1.82) is 0 Å². The van der Waals surface area contributed by atoms with Crippen LogP contribution in [0.1, 0.15) is 6.92 Å². The summed E-state index contributed by atoms with van der Waals surface area (Å²) in [5.41, 5.74) is 0. The minimum absolute atomic E-state index is 0.196. The van der Waals surface area contributed by atoms with Gasteiger partial charge >= 0.3 is 0 Å². The molecular formula is C11H17ClN2O2S. The summed E-state index contributed by atoms with van der Waals surface area (Å²) in [6.45, 7) is 3.13. The van der Waals surface area contributed by atoms with E-state index in [0.29, 0.717) is 11.6 Å². The van der Waals surface area contributed by atoms with Crippen molar-refractivity contribution in [3.8, 4) is 0 Å². The molecule has 0 aliphatic carbocycles. The Kier molecular flexibility index (Phi) is 5.39. The molecule has 17 heavy (non-hydrogen) atoms. The van der Waals surface area contributed by atoms with E-state index in [1.54, 1.807) is 12.1 Å². The summed E-state index contributed by atoms with van der Waals surface area (Å²) >= 11 is 5.76. The van der Waals surface area contributed by atoms with Crippen LogP contribution in [0, 0.1) is 5.92 Å². The Morgan fingerprint density at radius 1 is 1.35 bits per heavy atom. The first kappa shape index (κ1) is 14.4. The largest absolute Gasteiger partial charge is 0.319 e. The molecule has 1 aromatic rings. The van der Waals surface area contributed by atoms with Gasteiger partial charge in [0.15, 0.2) is 0 Å². The molecule has 0 amide bonds. The molecule has 0 heterocycles. The summed E-state index contributed by atoms with van der Waals surface area (Å²) in [5.74, 6) is 0.231. The van der Waals surface area contributed by atoms with Crippen LogP contribution in [0.3, 0.4) is 0 Å². The van der Waals surface area contributed by atoms with E-state index >= 15 is 0 Å². The molecule has 0 aliphatic heterocycles. The number of benzene rings is 1. The maximum Gasteiger partial charge on any atom is 0.240 e. The van der Waals surface area contributed by atoms with Gasteiger partial charge in [-0.1, -0.05) is 24.6 Å². The Morgan fingerprint density at radius 2 is 2.06 bits per heavy atom. The van der Waals surface area contributed by atoms with Crippen LogP contribution in [0.25, 0.3) is 0 Å². The highest BCUT2D eigenvalue weighted by Gasteiger charge is 2.14. The summed E-state index contributed by atoms with van der Waals surface area (Å²) < 4.78 is 26.4. The number of sulfonamides is 1. The van der Waals surface area contributed by atoms with E-state index in [-0.39, 0.29) is 10.8 Å². The summed E-state index contributed by atoms with van der Waals surface area (Å²) in [7, 11) is -1.62. The quantitative estimate of drug-likeness (QED) is 0.827. The van der Waals surface area contributed by atoms with E-state index in [1.807, 2.05) is 14.0 Å². The fourth-order valence-corrected chi connectivity index (χ4v) is 2.86. The van der Waals surface area contributed by atoms with Crippen molar-refractivity contribution in [2.24, 2.45) is 5.92 Å². The predicted molar refractivity (Wildman–Crippen MR) is 69.7 cm³/mol. The zero-order valence-corrected chi connectivity index (χ0v) is 11.5. The second-order valence-electron chi connectivity index (χ2n) is 3.97. The lowest BCUT2D eigenvalue weighted by Crippen LogP contribution is -2.32. The third-order valence-electron chi connectivity index (χ3n) is 2.28. The van der Waals surface area contributed by atoms with Crippen LogP contribution in [0.5, 0.6) is 0 Å². The minimum Gasteiger partial charge on any atom is -0.319 e. The first-order chi connectivity index (χ1) is 7.95. The van der Waals surface area contributed by atoms with Gasteiger partial charge in [-0.15, -0.1) is 0 Å². The number of halogens is 1. The molecule has 1 rings (SSSR count). The number of rotatable bonds is 6. The van der Waals surface area contributed by atoms with Crippen LogP contribution in [0.2, 0.25) is 5.02 Å². The average Bonchev–Trinajstić information content (AvgIpc) is 2.27. The van der Waals surface area contributed by atoms with E-state index < -0.39 is 10.0 Å². The van der Waals surface area contributed by atoms with Crippen molar-refractivity contribution < 1.29 is 8.42 Å². The van der Waals surface area contributed by atoms with Crippen molar-refractivity contribution in [2.45, 2.75) is 11.8 Å². The van der Waals surface area contributed by atoms with Crippen molar-refractivity contribution in [3.05, 3.63) is 29.3 Å². The molecule has 2 N–H and O–H groups in total. The first-order valence-electron chi connectivity index (χ1n) is 5.35. The monoisotopic (exact) mass is 276 g/mol. The van der Waals surface area contributed by atoms with Crippen molar-refractivity contribution >= 4 is 21.6 Å². The highest BCUT2D eigenvalue weighted by Crippen LogP contribution is 2.15. The molecule has 96 valence electrons. The number of hydrogen-bond donors (Lipinski definition) is 2. The summed E-state index contributed by atoms with van der Waals surface area (Å²) in [5, 5.41) is 3.41. The maximum atomic E-state index is 11.9. The Labute approximate surface area is 107 Å². The molecular weight excluding hydrogens is 260 g/mol. The van der Waals surface area contributed by atoms with Gasteiger partial charge in [0.25, 0.3) is 0 Å². The van der Waals surface area contributed by atoms with Gasteiger partial charge in [0.2, 0.25) is 10.0 Å². The normalized spacial score (nSPS) is 13.6. The van der Waals surface area contributed by atoms with Crippen LogP contribution < -0.4 is 10.0 Å². The van der Waals surface area contributed by atoms with Gasteiger partial charge in [-0.3, -0.25) is 0 Å². The second kappa shape index (κ2) is 6.35. The van der Waals surface area contributed by atoms with Crippen LogP contribution in [0.4, 0.5) is 0 Å². The number of hydrogen-bond acceptors (Lipinski definition) is 3. The topological polar surface area (TPSA) is 58.2 Å². The van der Waals surface area contributed by atoms with Crippen molar-refractivity contribution in [1.82, 2.24) is 10.0 Å². The average molecular weight is 277 g/mol. The fourth-order valence-electron chi connectivity index (χ4n) is 1.39. The van der Waals surface area contributed by atoms with E-state index in [9.17, 15) is 8.42 Å². The SMILES string of the molecule is CNCC(C)CNS(=O)(=O)c1cccc(Cl)c1. The molecule has 0 spiro atoms. The van der Waals surface area contributed by atoms with Gasteiger partial charge in [0.1, 0.15) is 0 Å². The number of nitrogens with one attached hydrogen (secondary N) is 2. The minimum atomic E-state index is -3.46. The van der Waals surface area contributed by atoms with Crippen molar-refractivity contribution in [3.63, 3.8) is 0 Å². The molecule has 0 bridgehead atoms. The standard InChI is InChI=1S/C11H17ClN2O2S/c1-9(7-13-2)8-14-17(15,16)11-5-3-4-10(12)6-11/h3-6,9,13-14H,7-8H2,1-2H3. The Balaban J connectivity index is 2.69. The van der Waals surface area contributed by atoms with Gasteiger partial charge in [-0.05, 0) is 37.7 Å². The molecule has 0 saturated carbocycles. The molecule has 1 unspecified atom stereocenters. The maximum absolute atomic E-state index is 11.9. The predicted octanol–water partition coefficient (Wildman–Crippen LogP) is 1.47. The van der Waals surface area contributed by atoms with Crippen molar-refractivity contribution in [2.75, 3.05) is 20.1 Å². The third kappa shape index (κ3) is 4.63. The smallest absolute Gasteiger partial charge is 0.240 e. The molecule has 0 saturated heterocycles. The molecule has 6 heteroatoms. The van der Waals surface area contributed by atoms with Crippen LogP contribution in [-0.2, 0) is 10.0 Å². The third-order valence-corrected chi connectivity index (χ3v) is 3.94. The summed E-state index contributed by atoms with van der Waals surface area (Å²) in [6.07, 6.45) is 0. The van der Waals surface area contributed by atoms with Crippen LogP contribution in [-0.4, -0.2) is 28.6 Å². The zero-order valence-electron chi connectivity index (χ0n) is 9.90. The molecule has 0 fully saturated rings. The summed E-state index contributed by atoms with van der Waals surface area (Å²) in [6, 6.07) is 6.22. The van der Waals surface area contributed by atoms with Crippen LogP contribution in [0.15, 0.2) is 29.2 Å². The molecule has 0 radical (unpaired) electrons. The molecule has 1 aromatic carbocycles. The van der Waals surface area contributed by atoms with Gasteiger partial charge in [-0.2, -0.15) is 0 Å². The van der Waals surface area contributed by atoms with E-state index in [4.69, 9.17) is 11.6 Å². The first-order valence-corrected chi connectivity index (χ1v) is 7.21. The van der Waals surface area contributed by atoms with Gasteiger partial charge in [0.05, 0.1) is 4.90 Å². The van der Waals surface area contributed by atoms with E-state index in [0.717, 1.165) is 6.54 Å². The molecule has 4 nitrogen and oxygen atoms in total. The van der Waals surface area contributed by atoms with Gasteiger partial charge in [0, 0.05) is 11.6 Å². The fraction of sp³-hybridized carbons (Fsp3) is 0.455. The lowest BCUT2D eigenvalue weighted by atomic mass is 10.2. The van der Waals surface area contributed by atoms with Gasteiger partial charge in [-0.25, -0.2) is 13.1 Å². The lowest BCUT2D eigenvalue weighted by Gasteiger charge is -2.12. The zero-order chi connectivity index (χ0) is 12.9. The van der Waals surface area contributed by atoms with E-state index in [2.05, 4.69) is 10.0 Å². The second-order valence-corrected chi connectivity index (χ2v) is 6.18. The lowest BCUT2D eigenvalue weighted by molar-refractivity contribution is 0.519. The van der Waals surface area contributed by atoms with Gasteiger partial charge < -0.3 is 5.32 Å². The van der Waals surface area contributed by atoms with Crippen LogP contribution >= 0.6 is 11.6 Å².